The summed E-state index contributed by atoms with van der Waals surface area (Å²) >= 11 is 6.11. The number of benzene rings is 2. The standard InChI is InChI=1S/C22H21ClF3NO5S/c23-16-2-1-11(21(29)27-14-5-17(24)20(26)18(25)6-14)4-19(16)33(31,32)9-15-12-3-13(15)8-22(30,7-12)10-28/h1-2,4-6,12-13,15,28,30H,3,7-10H2,(H,27,29)/t12-,13?,15-,22+/m0/s1. The molecular weight excluding hydrogens is 483 g/mol. The summed E-state index contributed by atoms with van der Waals surface area (Å²) in [6.45, 7) is -0.371. The van der Waals surface area contributed by atoms with E-state index < -0.39 is 38.8 Å². The summed E-state index contributed by atoms with van der Waals surface area (Å²) in [5.74, 6) is -5.99. The number of hydrogen-bond donors (Lipinski definition) is 3. The summed E-state index contributed by atoms with van der Waals surface area (Å²) in [6, 6.07) is 4.79. The summed E-state index contributed by atoms with van der Waals surface area (Å²) in [5.41, 5.74) is -1.64. The molecule has 2 aromatic carbocycles. The van der Waals surface area contributed by atoms with E-state index in [-0.39, 0.29) is 51.3 Å². The normalized spacial score (nSPS) is 26.5. The first-order chi connectivity index (χ1) is 15.4. The van der Waals surface area contributed by atoms with Crippen LogP contribution < -0.4 is 5.32 Å². The van der Waals surface area contributed by atoms with E-state index in [1.165, 1.54) is 12.1 Å². The van der Waals surface area contributed by atoms with E-state index in [1.807, 2.05) is 0 Å². The Balaban J connectivity index is 1.53. The summed E-state index contributed by atoms with van der Waals surface area (Å²) in [4.78, 5) is 12.3. The van der Waals surface area contributed by atoms with Crippen LogP contribution in [-0.2, 0) is 9.84 Å². The van der Waals surface area contributed by atoms with Crippen molar-refractivity contribution in [3.8, 4) is 0 Å². The van der Waals surface area contributed by atoms with Gasteiger partial charge in [0.05, 0.1) is 27.9 Å². The minimum absolute atomic E-state index is 0.0378. The monoisotopic (exact) mass is 503 g/mol. The molecule has 6 nitrogen and oxygen atoms in total. The first kappa shape index (κ1) is 24.0. The highest BCUT2D eigenvalue weighted by Crippen LogP contribution is 2.54. The molecule has 0 saturated heterocycles. The fourth-order valence-corrected chi connectivity index (χ4v) is 7.29. The molecular formula is C22H21ClF3NO5S. The van der Waals surface area contributed by atoms with Gasteiger partial charge in [0.15, 0.2) is 27.3 Å². The Bertz CT molecular complexity index is 1190. The van der Waals surface area contributed by atoms with Crippen molar-refractivity contribution in [3.63, 3.8) is 0 Å². The third-order valence-electron chi connectivity index (χ3n) is 6.58. The molecule has 0 spiro atoms. The average Bonchev–Trinajstić information content (AvgIpc) is 2.76. The van der Waals surface area contributed by atoms with Crippen molar-refractivity contribution in [2.75, 3.05) is 17.7 Å². The lowest BCUT2D eigenvalue weighted by Gasteiger charge is -2.55. The van der Waals surface area contributed by atoms with Crippen LogP contribution >= 0.6 is 11.6 Å². The Morgan fingerprint density at radius 1 is 1.12 bits per heavy atom. The number of carbonyl (C=O) groups excluding carboxylic acids is 1. The maximum absolute atomic E-state index is 13.4. The SMILES string of the molecule is O=C(Nc1cc(F)c(F)c(F)c1)c1ccc(Cl)c(S(=O)(=O)C[C@@H]2C3C[C@H]2C[C@](O)(CO)C3)c1. The molecule has 3 N–H and O–H groups in total. The van der Waals surface area contributed by atoms with Gasteiger partial charge < -0.3 is 15.5 Å². The predicted molar refractivity (Wildman–Crippen MR) is 114 cm³/mol. The molecule has 2 saturated carbocycles. The molecule has 2 bridgehead atoms. The fourth-order valence-electron chi connectivity index (χ4n) is 4.91. The highest BCUT2D eigenvalue weighted by Gasteiger charge is 2.53. The first-order valence-corrected chi connectivity index (χ1v) is 12.3. The van der Waals surface area contributed by atoms with Gasteiger partial charge in [-0.1, -0.05) is 11.6 Å². The van der Waals surface area contributed by atoms with Gasteiger partial charge in [-0.3, -0.25) is 4.79 Å². The molecule has 2 aliphatic carbocycles. The van der Waals surface area contributed by atoms with Gasteiger partial charge in [-0.25, -0.2) is 21.6 Å². The highest BCUT2D eigenvalue weighted by atomic mass is 35.5. The molecule has 11 heteroatoms. The van der Waals surface area contributed by atoms with Crippen LogP contribution in [0.15, 0.2) is 35.2 Å². The van der Waals surface area contributed by atoms with Crippen molar-refractivity contribution in [1.29, 1.82) is 0 Å². The number of sulfone groups is 1. The van der Waals surface area contributed by atoms with E-state index in [0.717, 1.165) is 12.5 Å². The quantitative estimate of drug-likeness (QED) is 0.523. The molecule has 2 aliphatic rings. The minimum Gasteiger partial charge on any atom is -0.393 e. The molecule has 0 heterocycles. The second kappa shape index (κ2) is 8.57. The van der Waals surface area contributed by atoms with Crippen molar-refractivity contribution >= 4 is 33.0 Å². The maximum Gasteiger partial charge on any atom is 0.255 e. The van der Waals surface area contributed by atoms with Gasteiger partial charge in [0, 0.05) is 23.4 Å². The first-order valence-electron chi connectivity index (χ1n) is 10.2. The molecule has 33 heavy (non-hydrogen) atoms. The average molecular weight is 504 g/mol. The van der Waals surface area contributed by atoms with Crippen LogP contribution in [0, 0.1) is 35.2 Å². The van der Waals surface area contributed by atoms with Crippen LogP contribution in [0.4, 0.5) is 18.9 Å². The Morgan fingerprint density at radius 3 is 2.30 bits per heavy atom. The molecule has 0 radical (unpaired) electrons. The number of anilines is 1. The van der Waals surface area contributed by atoms with Crippen LogP contribution in [0.2, 0.25) is 5.02 Å². The Morgan fingerprint density at radius 2 is 1.73 bits per heavy atom. The zero-order valence-electron chi connectivity index (χ0n) is 17.2. The second-order valence-corrected chi connectivity index (χ2v) is 11.3. The van der Waals surface area contributed by atoms with Crippen LogP contribution in [0.25, 0.3) is 0 Å². The molecule has 1 amide bonds. The Kier molecular flexibility index (Phi) is 6.24. The highest BCUT2D eigenvalue weighted by molar-refractivity contribution is 7.91. The number of hydrogen-bond acceptors (Lipinski definition) is 5. The van der Waals surface area contributed by atoms with Gasteiger partial charge in [0.1, 0.15) is 0 Å². The van der Waals surface area contributed by atoms with Gasteiger partial charge in [-0.05, 0) is 55.2 Å². The number of rotatable bonds is 6. The molecule has 1 unspecified atom stereocenters. The number of carbonyl (C=O) groups is 1. The predicted octanol–water partition coefficient (Wildman–Crippen LogP) is 3.55. The molecule has 0 aliphatic heterocycles. The van der Waals surface area contributed by atoms with Crippen molar-refractivity contribution in [3.05, 3.63) is 58.4 Å². The molecule has 0 aromatic heterocycles. The van der Waals surface area contributed by atoms with Crippen LogP contribution in [-0.4, -0.2) is 42.5 Å². The fraction of sp³-hybridized carbons (Fsp3) is 0.409. The lowest BCUT2D eigenvalue weighted by molar-refractivity contribution is -0.139. The zero-order chi connectivity index (χ0) is 24.1. The number of aliphatic hydroxyl groups excluding tert-OH is 1. The summed E-state index contributed by atoms with van der Waals surface area (Å²) in [7, 11) is -3.91. The maximum atomic E-state index is 13.4. The topological polar surface area (TPSA) is 104 Å². The van der Waals surface area contributed by atoms with Crippen molar-refractivity contribution in [2.45, 2.75) is 29.8 Å². The van der Waals surface area contributed by atoms with Gasteiger partial charge in [0.2, 0.25) is 0 Å². The Labute approximate surface area is 193 Å². The summed E-state index contributed by atoms with van der Waals surface area (Å²) in [6.07, 6.45) is 1.42. The number of nitrogens with one attached hydrogen (secondary N) is 1. The third kappa shape index (κ3) is 4.62. The summed E-state index contributed by atoms with van der Waals surface area (Å²) < 4.78 is 66.1. The number of fused-ring (bicyclic) bond motifs is 2. The smallest absolute Gasteiger partial charge is 0.255 e. The van der Waals surface area contributed by atoms with E-state index in [1.54, 1.807) is 0 Å². The van der Waals surface area contributed by atoms with Gasteiger partial charge >= 0.3 is 0 Å². The minimum atomic E-state index is -3.91. The zero-order valence-corrected chi connectivity index (χ0v) is 18.8. The lowest BCUT2D eigenvalue weighted by atomic mass is 9.53. The molecule has 4 atom stereocenters. The van der Waals surface area contributed by atoms with E-state index in [4.69, 9.17) is 11.6 Å². The number of amides is 1. The lowest BCUT2D eigenvalue weighted by Crippen LogP contribution is -2.55. The van der Waals surface area contributed by atoms with Crippen molar-refractivity contribution < 1.29 is 36.6 Å². The van der Waals surface area contributed by atoms with Crippen LogP contribution in [0.3, 0.4) is 0 Å². The van der Waals surface area contributed by atoms with Gasteiger partial charge in [-0.15, -0.1) is 0 Å². The van der Waals surface area contributed by atoms with Crippen molar-refractivity contribution in [2.24, 2.45) is 17.8 Å². The molecule has 178 valence electrons. The summed E-state index contributed by atoms with van der Waals surface area (Å²) in [5, 5.41) is 21.8. The van der Waals surface area contributed by atoms with Gasteiger partial charge in [0.25, 0.3) is 5.91 Å². The second-order valence-electron chi connectivity index (χ2n) is 8.85. The Hall–Kier alpha value is -2.14. The largest absolute Gasteiger partial charge is 0.393 e. The van der Waals surface area contributed by atoms with E-state index in [0.29, 0.717) is 25.0 Å². The van der Waals surface area contributed by atoms with Crippen LogP contribution in [0.5, 0.6) is 0 Å². The third-order valence-corrected chi connectivity index (χ3v) is 8.85. The van der Waals surface area contributed by atoms with Gasteiger partial charge in [-0.2, -0.15) is 0 Å². The van der Waals surface area contributed by atoms with E-state index in [9.17, 15) is 36.6 Å². The number of halogens is 4. The molecule has 4 rings (SSSR count). The molecule has 2 aromatic rings. The molecule has 2 fully saturated rings. The van der Waals surface area contributed by atoms with E-state index >= 15 is 0 Å². The van der Waals surface area contributed by atoms with E-state index in [2.05, 4.69) is 5.32 Å². The number of aliphatic hydroxyl groups is 2. The van der Waals surface area contributed by atoms with Crippen LogP contribution in [0.1, 0.15) is 29.6 Å². The van der Waals surface area contributed by atoms with Crippen molar-refractivity contribution in [1.82, 2.24) is 0 Å².